The molecule has 0 radical (unpaired) electrons. The fraction of sp³-hybridized carbons (Fsp3) is 0.0952. The van der Waals surface area contributed by atoms with Crippen molar-refractivity contribution in [3.63, 3.8) is 0 Å². The van der Waals surface area contributed by atoms with Crippen LogP contribution in [0.15, 0.2) is 64.7 Å². The van der Waals surface area contributed by atoms with Gasteiger partial charge in [-0.1, -0.05) is 28.9 Å². The zero-order valence-corrected chi connectivity index (χ0v) is 15.9. The van der Waals surface area contributed by atoms with Gasteiger partial charge in [0, 0.05) is 16.7 Å². The third-order valence-electron chi connectivity index (χ3n) is 4.59. The highest BCUT2D eigenvalue weighted by atomic mass is 35.5. The fourth-order valence-corrected chi connectivity index (χ4v) is 3.49. The second-order valence-electron chi connectivity index (χ2n) is 6.53. The maximum absolute atomic E-state index is 13.3. The van der Waals surface area contributed by atoms with Crippen LogP contribution in [0.4, 0.5) is 10.2 Å². The molecule has 1 atom stereocenters. The van der Waals surface area contributed by atoms with Crippen molar-refractivity contribution in [2.75, 3.05) is 4.90 Å². The van der Waals surface area contributed by atoms with Gasteiger partial charge in [0.1, 0.15) is 17.3 Å². The quantitative estimate of drug-likeness (QED) is 0.391. The summed E-state index contributed by atoms with van der Waals surface area (Å²) >= 11 is 6.11. The summed E-state index contributed by atoms with van der Waals surface area (Å²) in [5.41, 5.74) is 0.554. The van der Waals surface area contributed by atoms with Crippen molar-refractivity contribution in [3.05, 3.63) is 87.9 Å². The Morgan fingerprint density at radius 3 is 2.52 bits per heavy atom. The molecule has 6 nitrogen and oxygen atoms in total. The van der Waals surface area contributed by atoms with E-state index in [1.807, 2.05) is 0 Å². The molecule has 1 amide bonds. The van der Waals surface area contributed by atoms with Crippen LogP contribution in [0, 0.1) is 12.7 Å². The van der Waals surface area contributed by atoms with Crippen LogP contribution in [0.3, 0.4) is 0 Å². The molecule has 1 aliphatic heterocycles. The Balaban J connectivity index is 1.95. The van der Waals surface area contributed by atoms with Crippen LogP contribution >= 0.6 is 11.6 Å². The Hall–Kier alpha value is -3.45. The number of carbonyl (C=O) groups is 2. The van der Waals surface area contributed by atoms with Crippen molar-refractivity contribution in [1.29, 1.82) is 0 Å². The van der Waals surface area contributed by atoms with Gasteiger partial charge in [-0.15, -0.1) is 0 Å². The average Bonchev–Trinajstić information content (AvgIpc) is 3.23. The van der Waals surface area contributed by atoms with Crippen molar-refractivity contribution in [3.8, 4) is 0 Å². The van der Waals surface area contributed by atoms with Gasteiger partial charge >= 0.3 is 5.91 Å². The van der Waals surface area contributed by atoms with Crippen LogP contribution in [-0.4, -0.2) is 22.0 Å². The molecule has 29 heavy (non-hydrogen) atoms. The molecule has 8 heteroatoms. The molecule has 0 bridgehead atoms. The first-order valence-corrected chi connectivity index (χ1v) is 9.00. The lowest BCUT2D eigenvalue weighted by atomic mass is 9.95. The van der Waals surface area contributed by atoms with Crippen LogP contribution in [0.1, 0.15) is 22.9 Å². The van der Waals surface area contributed by atoms with Gasteiger partial charge in [0.15, 0.2) is 5.82 Å². The van der Waals surface area contributed by atoms with Crippen molar-refractivity contribution >= 4 is 34.9 Å². The van der Waals surface area contributed by atoms with Crippen molar-refractivity contribution < 1.29 is 23.6 Å². The Bertz CT molecular complexity index is 1150. The predicted molar refractivity (Wildman–Crippen MR) is 104 cm³/mol. The highest BCUT2D eigenvalue weighted by molar-refractivity contribution is 6.51. The van der Waals surface area contributed by atoms with Crippen LogP contribution in [0.2, 0.25) is 5.02 Å². The molecule has 0 aliphatic carbocycles. The number of aryl methyl sites for hydroxylation is 1. The van der Waals surface area contributed by atoms with E-state index in [2.05, 4.69) is 5.16 Å². The second-order valence-corrected chi connectivity index (χ2v) is 6.96. The molecule has 0 spiro atoms. The number of hydrogen-bond acceptors (Lipinski definition) is 5. The van der Waals surface area contributed by atoms with Crippen molar-refractivity contribution in [2.24, 2.45) is 0 Å². The molecule has 1 saturated heterocycles. The Morgan fingerprint density at radius 2 is 1.90 bits per heavy atom. The Labute approximate surface area is 169 Å². The zero-order valence-electron chi connectivity index (χ0n) is 15.1. The highest BCUT2D eigenvalue weighted by Crippen LogP contribution is 2.42. The number of aliphatic hydroxyl groups is 1. The molecule has 2 aromatic carbocycles. The monoisotopic (exact) mass is 412 g/mol. The number of carbonyl (C=O) groups excluding carboxylic acids is 2. The lowest BCUT2D eigenvalue weighted by Gasteiger charge is -2.23. The smallest absolute Gasteiger partial charge is 0.301 e. The minimum Gasteiger partial charge on any atom is -0.507 e. The molecule has 4 rings (SSSR count). The maximum Gasteiger partial charge on any atom is 0.301 e. The molecule has 2 heterocycles. The molecule has 1 N–H and O–H groups in total. The lowest BCUT2D eigenvalue weighted by molar-refractivity contribution is -0.132. The third kappa shape index (κ3) is 3.30. The second kappa shape index (κ2) is 7.18. The molecular weight excluding hydrogens is 399 g/mol. The predicted octanol–water partition coefficient (Wildman–Crippen LogP) is 4.40. The van der Waals surface area contributed by atoms with E-state index in [1.165, 1.54) is 18.2 Å². The highest BCUT2D eigenvalue weighted by Gasteiger charge is 2.48. The number of ketones is 1. The first-order valence-electron chi connectivity index (χ1n) is 8.62. The molecular formula is C21H14ClFN2O4. The lowest BCUT2D eigenvalue weighted by Crippen LogP contribution is -2.29. The van der Waals surface area contributed by atoms with Crippen LogP contribution in [0.25, 0.3) is 5.76 Å². The number of halogens is 2. The van der Waals surface area contributed by atoms with Crippen molar-refractivity contribution in [1.82, 2.24) is 5.16 Å². The standard InChI is InChI=1S/C21H14ClFN2O4/c1-11-9-16(24-29-11)25-18(13-3-2-4-14(22)10-13)17(20(27)21(25)28)19(26)12-5-7-15(23)8-6-12/h2-10,18,26H,1H3/b19-17+/t18-/m0/s1. The van der Waals surface area contributed by atoms with Gasteiger partial charge in [0.2, 0.25) is 0 Å². The summed E-state index contributed by atoms with van der Waals surface area (Å²) in [6.07, 6.45) is 0. The number of aliphatic hydroxyl groups excluding tert-OH is 1. The summed E-state index contributed by atoms with van der Waals surface area (Å²) in [6, 6.07) is 12.1. The molecule has 1 fully saturated rings. The van der Waals surface area contributed by atoms with Gasteiger partial charge in [0.05, 0.1) is 11.6 Å². The van der Waals surface area contributed by atoms with Crippen molar-refractivity contribution in [2.45, 2.75) is 13.0 Å². The number of hydrogen-bond donors (Lipinski definition) is 1. The molecule has 146 valence electrons. The van der Waals surface area contributed by atoms with E-state index in [1.54, 1.807) is 31.2 Å². The zero-order chi connectivity index (χ0) is 20.7. The number of anilines is 1. The summed E-state index contributed by atoms with van der Waals surface area (Å²) in [7, 11) is 0. The van der Waals surface area contributed by atoms with E-state index in [-0.39, 0.29) is 17.0 Å². The minimum atomic E-state index is -0.983. The number of rotatable bonds is 3. The molecule has 0 unspecified atom stereocenters. The summed E-state index contributed by atoms with van der Waals surface area (Å²) in [5, 5.41) is 15.1. The van der Waals surface area contributed by atoms with E-state index < -0.39 is 29.3 Å². The van der Waals surface area contributed by atoms with Gasteiger partial charge < -0.3 is 9.63 Å². The number of aromatic nitrogens is 1. The SMILES string of the molecule is Cc1cc(N2C(=O)C(=O)/C(=C(/O)c3ccc(F)cc3)[C@@H]2c2cccc(Cl)c2)no1. The fourth-order valence-electron chi connectivity index (χ4n) is 3.29. The van der Waals surface area contributed by atoms with Gasteiger partial charge in [-0.2, -0.15) is 0 Å². The normalized spacial score (nSPS) is 18.4. The molecule has 1 aromatic heterocycles. The first kappa shape index (κ1) is 18.9. The van der Waals surface area contributed by atoms with Gasteiger partial charge in [-0.05, 0) is 48.9 Å². The average molecular weight is 413 g/mol. The summed E-state index contributed by atoms with van der Waals surface area (Å²) in [6.45, 7) is 1.65. The summed E-state index contributed by atoms with van der Waals surface area (Å²) in [5.74, 6) is -2.09. The number of benzene rings is 2. The topological polar surface area (TPSA) is 83.6 Å². The minimum absolute atomic E-state index is 0.132. The van der Waals surface area contributed by atoms with E-state index >= 15 is 0 Å². The largest absolute Gasteiger partial charge is 0.507 e. The number of amides is 1. The van der Waals surface area contributed by atoms with E-state index in [0.29, 0.717) is 16.3 Å². The number of Topliss-reactive ketones (excluding diaryl/α,β-unsaturated/α-hetero) is 1. The first-order chi connectivity index (χ1) is 13.9. The maximum atomic E-state index is 13.3. The Morgan fingerprint density at radius 1 is 1.17 bits per heavy atom. The van der Waals surface area contributed by atoms with E-state index in [0.717, 1.165) is 17.0 Å². The summed E-state index contributed by atoms with van der Waals surface area (Å²) < 4.78 is 18.3. The third-order valence-corrected chi connectivity index (χ3v) is 4.82. The van der Waals surface area contributed by atoms with Crippen LogP contribution in [0.5, 0.6) is 0 Å². The van der Waals surface area contributed by atoms with E-state index in [4.69, 9.17) is 16.1 Å². The molecule has 3 aromatic rings. The number of nitrogens with zero attached hydrogens (tertiary/aromatic N) is 2. The van der Waals surface area contributed by atoms with Crippen LogP contribution < -0.4 is 4.90 Å². The van der Waals surface area contributed by atoms with Gasteiger partial charge in [-0.25, -0.2) is 4.39 Å². The van der Waals surface area contributed by atoms with Gasteiger partial charge in [0.25, 0.3) is 5.78 Å². The van der Waals surface area contributed by atoms with Gasteiger partial charge in [-0.3, -0.25) is 14.5 Å². The summed E-state index contributed by atoms with van der Waals surface area (Å²) in [4.78, 5) is 26.9. The molecule has 1 aliphatic rings. The molecule has 0 saturated carbocycles. The Kier molecular flexibility index (Phi) is 4.68. The van der Waals surface area contributed by atoms with E-state index in [9.17, 15) is 19.1 Å². The van der Waals surface area contributed by atoms with Crippen LogP contribution in [-0.2, 0) is 9.59 Å².